The lowest BCUT2D eigenvalue weighted by atomic mass is 10.1. The Balaban J connectivity index is 4.08. The molecule has 0 amide bonds. The average molecular weight is 256 g/mol. The van der Waals surface area contributed by atoms with Crippen molar-refractivity contribution in [2.45, 2.75) is 30.1 Å². The molecule has 6 heteroatoms. The van der Waals surface area contributed by atoms with Crippen LogP contribution in [0.5, 0.6) is 0 Å². The fraction of sp³-hybridized carbons (Fsp3) is 1.00. The average Bonchev–Trinajstić information content (AvgIpc) is 2.11. The summed E-state index contributed by atoms with van der Waals surface area (Å²) in [6.07, 6.45) is 1.32. The SMILES string of the molecule is O=[N+]([O-])C(Br)(CCCO)CCCO. The third-order valence-corrected chi connectivity index (χ3v) is 2.85. The van der Waals surface area contributed by atoms with Crippen molar-refractivity contribution in [3.8, 4) is 0 Å². The molecule has 0 saturated heterocycles. The van der Waals surface area contributed by atoms with Gasteiger partial charge in [0, 0.05) is 46.9 Å². The maximum Gasteiger partial charge on any atom is 0.274 e. The molecule has 0 aliphatic rings. The van der Waals surface area contributed by atoms with E-state index >= 15 is 0 Å². The third-order valence-electron chi connectivity index (χ3n) is 1.76. The van der Waals surface area contributed by atoms with Crippen LogP contribution in [-0.2, 0) is 0 Å². The maximum atomic E-state index is 10.6. The fourth-order valence-corrected chi connectivity index (χ4v) is 1.57. The van der Waals surface area contributed by atoms with E-state index in [2.05, 4.69) is 15.9 Å². The summed E-state index contributed by atoms with van der Waals surface area (Å²) < 4.78 is -1.18. The third kappa shape index (κ3) is 4.54. The number of hydrogen-bond acceptors (Lipinski definition) is 4. The Bertz CT molecular complexity index is 157. The first-order chi connectivity index (χ1) is 6.06. The molecule has 0 bridgehead atoms. The fourth-order valence-electron chi connectivity index (χ4n) is 1.01. The topological polar surface area (TPSA) is 83.6 Å². The largest absolute Gasteiger partial charge is 0.396 e. The second-order valence-electron chi connectivity index (χ2n) is 2.83. The molecule has 0 aromatic carbocycles. The summed E-state index contributed by atoms with van der Waals surface area (Å²) in [4.78, 5) is 10.2. The second kappa shape index (κ2) is 6.28. The van der Waals surface area contributed by atoms with Crippen LogP contribution >= 0.6 is 15.9 Å². The van der Waals surface area contributed by atoms with Crippen molar-refractivity contribution in [1.82, 2.24) is 0 Å². The molecule has 0 radical (unpaired) electrons. The van der Waals surface area contributed by atoms with Crippen molar-refractivity contribution in [1.29, 1.82) is 0 Å². The Morgan fingerprint density at radius 2 is 1.62 bits per heavy atom. The second-order valence-corrected chi connectivity index (χ2v) is 4.31. The van der Waals surface area contributed by atoms with Gasteiger partial charge in [0.05, 0.1) is 0 Å². The number of aliphatic hydroxyl groups excluding tert-OH is 2. The number of hydrogen-bond donors (Lipinski definition) is 2. The highest BCUT2D eigenvalue weighted by Crippen LogP contribution is 2.30. The zero-order chi connectivity index (χ0) is 10.3. The van der Waals surface area contributed by atoms with E-state index in [0.29, 0.717) is 12.8 Å². The highest BCUT2D eigenvalue weighted by atomic mass is 79.9. The van der Waals surface area contributed by atoms with Gasteiger partial charge in [-0.2, -0.15) is 0 Å². The lowest BCUT2D eigenvalue weighted by Crippen LogP contribution is -2.31. The summed E-state index contributed by atoms with van der Waals surface area (Å²) in [5.74, 6) is 0. The summed E-state index contributed by atoms with van der Waals surface area (Å²) in [5, 5.41) is 27.7. The molecule has 78 valence electrons. The van der Waals surface area contributed by atoms with Gasteiger partial charge in [-0.3, -0.25) is 10.1 Å². The van der Waals surface area contributed by atoms with Gasteiger partial charge in [-0.05, 0) is 12.8 Å². The van der Waals surface area contributed by atoms with Crippen LogP contribution in [0, 0.1) is 10.1 Å². The lowest BCUT2D eigenvalue weighted by Gasteiger charge is -2.17. The molecule has 0 aromatic heterocycles. The molecule has 0 aliphatic heterocycles. The van der Waals surface area contributed by atoms with Crippen molar-refractivity contribution in [3.63, 3.8) is 0 Å². The minimum Gasteiger partial charge on any atom is -0.396 e. The Labute approximate surface area is 85.0 Å². The van der Waals surface area contributed by atoms with Gasteiger partial charge >= 0.3 is 0 Å². The van der Waals surface area contributed by atoms with E-state index in [-0.39, 0.29) is 26.1 Å². The maximum absolute atomic E-state index is 10.6. The number of alkyl halides is 1. The van der Waals surface area contributed by atoms with Crippen molar-refractivity contribution in [2.24, 2.45) is 0 Å². The van der Waals surface area contributed by atoms with E-state index in [1.807, 2.05) is 0 Å². The van der Waals surface area contributed by atoms with Crippen molar-refractivity contribution >= 4 is 15.9 Å². The molecule has 0 heterocycles. The molecule has 13 heavy (non-hydrogen) atoms. The van der Waals surface area contributed by atoms with Gasteiger partial charge in [-0.1, -0.05) is 0 Å². The first-order valence-corrected chi connectivity index (χ1v) is 4.91. The smallest absolute Gasteiger partial charge is 0.274 e. The van der Waals surface area contributed by atoms with Crippen LogP contribution in [0.25, 0.3) is 0 Å². The summed E-state index contributed by atoms with van der Waals surface area (Å²) in [5.41, 5.74) is 0. The van der Waals surface area contributed by atoms with Crippen LogP contribution in [0.15, 0.2) is 0 Å². The Morgan fingerprint density at radius 1 is 1.23 bits per heavy atom. The Hall–Kier alpha value is -0.200. The van der Waals surface area contributed by atoms with Crippen LogP contribution in [0.3, 0.4) is 0 Å². The van der Waals surface area contributed by atoms with Gasteiger partial charge in [0.25, 0.3) is 4.45 Å². The van der Waals surface area contributed by atoms with E-state index in [4.69, 9.17) is 10.2 Å². The minimum absolute atomic E-state index is 0.0552. The molecule has 5 nitrogen and oxygen atoms in total. The molecular weight excluding hydrogens is 242 g/mol. The number of nitrogens with zero attached hydrogens (tertiary/aromatic N) is 1. The molecule has 0 saturated carbocycles. The summed E-state index contributed by atoms with van der Waals surface area (Å²) >= 11 is 3.03. The summed E-state index contributed by atoms with van der Waals surface area (Å²) in [6, 6.07) is 0. The predicted octanol–water partition coefficient (Wildman–Crippen LogP) is 0.899. The molecule has 0 rings (SSSR count). The number of rotatable bonds is 7. The first kappa shape index (κ1) is 12.8. The quantitative estimate of drug-likeness (QED) is 0.307. The molecule has 0 aromatic rings. The molecule has 0 spiro atoms. The van der Waals surface area contributed by atoms with Crippen LogP contribution in [0.4, 0.5) is 0 Å². The van der Waals surface area contributed by atoms with E-state index < -0.39 is 9.37 Å². The van der Waals surface area contributed by atoms with Crippen molar-refractivity contribution < 1.29 is 15.1 Å². The van der Waals surface area contributed by atoms with Crippen LogP contribution in [0.2, 0.25) is 0 Å². The van der Waals surface area contributed by atoms with Crippen LogP contribution in [0.1, 0.15) is 25.7 Å². The van der Waals surface area contributed by atoms with E-state index in [1.54, 1.807) is 0 Å². The molecule has 0 aliphatic carbocycles. The van der Waals surface area contributed by atoms with Crippen molar-refractivity contribution in [3.05, 3.63) is 10.1 Å². The monoisotopic (exact) mass is 255 g/mol. The molecule has 2 N–H and O–H groups in total. The van der Waals surface area contributed by atoms with Gasteiger partial charge in [-0.25, -0.2) is 0 Å². The van der Waals surface area contributed by atoms with Crippen LogP contribution in [-0.4, -0.2) is 32.8 Å². The molecule has 0 fully saturated rings. The number of halogens is 1. The predicted molar refractivity (Wildman–Crippen MR) is 51.3 cm³/mol. The first-order valence-electron chi connectivity index (χ1n) is 4.12. The zero-order valence-corrected chi connectivity index (χ0v) is 8.86. The van der Waals surface area contributed by atoms with Gasteiger partial charge in [0.15, 0.2) is 0 Å². The Kier molecular flexibility index (Phi) is 6.19. The lowest BCUT2D eigenvalue weighted by molar-refractivity contribution is -0.538. The highest BCUT2D eigenvalue weighted by Gasteiger charge is 2.37. The molecular formula is C7H14BrNO4. The standard InChI is InChI=1S/C7H14BrNO4/c8-7(9(12)13,3-1-5-10)4-2-6-11/h10-11H,1-6H2. The van der Waals surface area contributed by atoms with Gasteiger partial charge in [-0.15, -0.1) is 0 Å². The van der Waals surface area contributed by atoms with Crippen LogP contribution < -0.4 is 0 Å². The highest BCUT2D eigenvalue weighted by molar-refractivity contribution is 9.10. The molecule has 0 unspecified atom stereocenters. The minimum atomic E-state index is -1.18. The summed E-state index contributed by atoms with van der Waals surface area (Å²) in [6.45, 7) is -0.110. The number of nitro groups is 1. The van der Waals surface area contributed by atoms with Gasteiger partial charge in [0.2, 0.25) is 0 Å². The number of aliphatic hydroxyl groups is 2. The van der Waals surface area contributed by atoms with Crippen molar-refractivity contribution in [2.75, 3.05) is 13.2 Å². The normalized spacial score (nSPS) is 11.6. The Morgan fingerprint density at radius 3 is 1.85 bits per heavy atom. The van der Waals surface area contributed by atoms with E-state index in [1.165, 1.54) is 0 Å². The summed E-state index contributed by atoms with van der Waals surface area (Å²) in [7, 11) is 0. The van der Waals surface area contributed by atoms with Gasteiger partial charge in [0.1, 0.15) is 0 Å². The zero-order valence-electron chi connectivity index (χ0n) is 7.28. The molecule has 0 atom stereocenters. The van der Waals surface area contributed by atoms with E-state index in [0.717, 1.165) is 0 Å². The van der Waals surface area contributed by atoms with Gasteiger partial charge < -0.3 is 10.2 Å². The van der Waals surface area contributed by atoms with E-state index in [9.17, 15) is 10.1 Å².